The van der Waals surface area contributed by atoms with Crippen LogP contribution < -0.4 is 0 Å². The van der Waals surface area contributed by atoms with Crippen molar-refractivity contribution in [2.24, 2.45) is 17.3 Å². The van der Waals surface area contributed by atoms with E-state index in [0.717, 1.165) is 35.5 Å². The summed E-state index contributed by atoms with van der Waals surface area (Å²) < 4.78 is 5.94. The first-order valence-corrected chi connectivity index (χ1v) is 14.3. The first-order valence-electron chi connectivity index (χ1n) is 13.4. The van der Waals surface area contributed by atoms with E-state index in [-0.39, 0.29) is 36.8 Å². The van der Waals surface area contributed by atoms with Crippen molar-refractivity contribution in [1.82, 2.24) is 9.88 Å². The number of aryl methyl sites for hydroxylation is 1. The van der Waals surface area contributed by atoms with Crippen molar-refractivity contribution in [3.05, 3.63) is 21.7 Å². The second-order valence-corrected chi connectivity index (χ2v) is 12.5. The standard InChI is InChI=1S/C28H44N2O6S/c1-16-8-7-9-21-22(30(21)10-11-31)13-23(17(2)12-20-15-37-19(4)29-20)36-25(33)14-24(32)28(5,6)27(35)18(3)26(16)34/h12,15-16,18,21-24,26,31-32,34H,7-11,13-14H2,1-6H3/t16-,18+,21+,22?,23-,24-,26-,30?/m0/s1. The fourth-order valence-corrected chi connectivity index (χ4v) is 6.22. The molecular formula is C28H44N2O6S. The first kappa shape index (κ1) is 29.9. The second kappa shape index (κ2) is 12.5. The van der Waals surface area contributed by atoms with Gasteiger partial charge in [-0.25, -0.2) is 4.98 Å². The Hall–Kier alpha value is -1.65. The van der Waals surface area contributed by atoms with Crippen LogP contribution in [0, 0.1) is 24.2 Å². The molecule has 2 aliphatic heterocycles. The Morgan fingerprint density at radius 3 is 2.57 bits per heavy atom. The number of carbonyl (C=O) groups excluding carboxylic acids is 2. The quantitative estimate of drug-likeness (QED) is 0.396. The zero-order valence-electron chi connectivity index (χ0n) is 23.0. The lowest BCUT2D eigenvalue weighted by Gasteiger charge is -2.34. The van der Waals surface area contributed by atoms with Crippen molar-refractivity contribution < 1.29 is 29.6 Å². The van der Waals surface area contributed by atoms with E-state index in [2.05, 4.69) is 9.88 Å². The molecule has 8 atom stereocenters. The number of aliphatic hydroxyl groups excluding tert-OH is 3. The monoisotopic (exact) mass is 536 g/mol. The number of hydrogen-bond acceptors (Lipinski definition) is 9. The number of ketones is 1. The number of ether oxygens (including phenoxy) is 1. The molecule has 1 aromatic rings. The average Bonchev–Trinajstić information content (AvgIpc) is 3.29. The summed E-state index contributed by atoms with van der Waals surface area (Å²) in [6.45, 7) is 11.4. The Kier molecular flexibility index (Phi) is 10.1. The molecule has 37 heavy (non-hydrogen) atoms. The molecule has 0 aromatic carbocycles. The van der Waals surface area contributed by atoms with Gasteiger partial charge in [-0.15, -0.1) is 11.3 Å². The summed E-state index contributed by atoms with van der Waals surface area (Å²) in [5, 5.41) is 34.3. The largest absolute Gasteiger partial charge is 0.458 e. The van der Waals surface area contributed by atoms with Crippen molar-refractivity contribution in [1.29, 1.82) is 0 Å². The fraction of sp³-hybridized carbons (Fsp3) is 0.750. The van der Waals surface area contributed by atoms with Crippen molar-refractivity contribution >= 4 is 29.2 Å². The number of Topliss-reactive ketones (excluding diaryl/α,β-unsaturated/α-hetero) is 1. The number of aromatic nitrogens is 1. The molecule has 1 aromatic heterocycles. The van der Waals surface area contributed by atoms with Gasteiger partial charge in [-0.3, -0.25) is 14.5 Å². The number of hydrogen-bond donors (Lipinski definition) is 3. The van der Waals surface area contributed by atoms with Gasteiger partial charge in [-0.1, -0.05) is 34.1 Å². The van der Waals surface area contributed by atoms with E-state index in [4.69, 9.17) is 4.74 Å². The molecule has 2 unspecified atom stereocenters. The maximum atomic E-state index is 13.3. The summed E-state index contributed by atoms with van der Waals surface area (Å²) in [4.78, 5) is 33.1. The molecule has 0 aliphatic carbocycles. The van der Waals surface area contributed by atoms with Crippen molar-refractivity contribution in [2.75, 3.05) is 13.2 Å². The molecule has 2 aliphatic rings. The van der Waals surface area contributed by atoms with Gasteiger partial charge in [0, 0.05) is 36.3 Å². The Morgan fingerprint density at radius 1 is 1.24 bits per heavy atom. The minimum absolute atomic E-state index is 0.0559. The minimum Gasteiger partial charge on any atom is -0.458 e. The molecule has 0 spiro atoms. The SMILES string of the molecule is CC(=Cc1csc(C)n1)[C@@H]1CC2[C@@H](CCC[C@H](C)[C@H](O)[C@@H](C)C(=O)C(C)(C)[C@@H](O)CC(=O)O1)N2CCO. The zero-order chi connectivity index (χ0) is 27.5. The number of nitrogens with zero attached hydrogens (tertiary/aromatic N) is 2. The highest BCUT2D eigenvalue weighted by atomic mass is 32.1. The Morgan fingerprint density at radius 2 is 1.95 bits per heavy atom. The molecule has 8 nitrogen and oxygen atoms in total. The molecule has 0 amide bonds. The third-order valence-electron chi connectivity index (χ3n) is 8.31. The molecular weight excluding hydrogens is 492 g/mol. The molecule has 3 N–H and O–H groups in total. The van der Waals surface area contributed by atoms with Crippen LogP contribution in [0.3, 0.4) is 0 Å². The third kappa shape index (κ3) is 7.26. The maximum Gasteiger partial charge on any atom is 0.309 e. The lowest BCUT2D eigenvalue weighted by molar-refractivity contribution is -0.154. The van der Waals surface area contributed by atoms with Gasteiger partial charge in [0.2, 0.25) is 0 Å². The van der Waals surface area contributed by atoms with Crippen LogP contribution in [-0.2, 0) is 14.3 Å². The average molecular weight is 537 g/mol. The molecule has 0 saturated carbocycles. The van der Waals surface area contributed by atoms with Gasteiger partial charge in [0.15, 0.2) is 0 Å². The second-order valence-electron chi connectivity index (χ2n) is 11.5. The highest BCUT2D eigenvalue weighted by Gasteiger charge is 2.48. The van der Waals surface area contributed by atoms with E-state index in [9.17, 15) is 24.9 Å². The van der Waals surface area contributed by atoms with Crippen molar-refractivity contribution in [3.63, 3.8) is 0 Å². The number of rotatable bonds is 4. The Balaban J connectivity index is 1.88. The lowest BCUT2D eigenvalue weighted by Crippen LogP contribution is -2.45. The summed E-state index contributed by atoms with van der Waals surface area (Å²) in [5.41, 5.74) is 0.467. The van der Waals surface area contributed by atoms with Gasteiger partial charge in [0.25, 0.3) is 0 Å². The van der Waals surface area contributed by atoms with Crippen LogP contribution in [0.4, 0.5) is 0 Å². The van der Waals surface area contributed by atoms with Crippen LogP contribution in [-0.4, -0.2) is 80.5 Å². The van der Waals surface area contributed by atoms with E-state index in [0.29, 0.717) is 13.0 Å². The third-order valence-corrected chi connectivity index (χ3v) is 9.10. The van der Waals surface area contributed by atoms with Crippen LogP contribution in [0.1, 0.15) is 77.4 Å². The van der Waals surface area contributed by atoms with Gasteiger partial charge in [-0.05, 0) is 44.3 Å². The highest BCUT2D eigenvalue weighted by Crippen LogP contribution is 2.39. The summed E-state index contributed by atoms with van der Waals surface area (Å²) in [7, 11) is 0. The van der Waals surface area contributed by atoms with Crippen LogP contribution in [0.5, 0.6) is 0 Å². The molecule has 2 fully saturated rings. The highest BCUT2D eigenvalue weighted by molar-refractivity contribution is 7.09. The number of cyclic esters (lactones) is 1. The number of aliphatic hydroxyl groups is 3. The normalized spacial score (nSPS) is 36.1. The van der Waals surface area contributed by atoms with E-state index < -0.39 is 35.6 Å². The van der Waals surface area contributed by atoms with Crippen LogP contribution in [0.25, 0.3) is 6.08 Å². The van der Waals surface area contributed by atoms with Crippen LogP contribution in [0.2, 0.25) is 0 Å². The van der Waals surface area contributed by atoms with Crippen LogP contribution >= 0.6 is 11.3 Å². The predicted octanol–water partition coefficient (Wildman–Crippen LogP) is 3.37. The summed E-state index contributed by atoms with van der Waals surface area (Å²) in [5.74, 6) is -1.57. The molecule has 208 valence electrons. The number of carbonyl (C=O) groups is 2. The molecule has 9 heteroatoms. The maximum absolute atomic E-state index is 13.3. The Bertz CT molecular complexity index is 976. The molecule has 0 radical (unpaired) electrons. The number of fused-ring (bicyclic) bond motifs is 1. The Labute approximate surface area is 224 Å². The van der Waals surface area contributed by atoms with Gasteiger partial charge in [0.05, 0.1) is 41.4 Å². The predicted molar refractivity (Wildman–Crippen MR) is 144 cm³/mol. The zero-order valence-corrected chi connectivity index (χ0v) is 23.8. The fourth-order valence-electron chi connectivity index (χ4n) is 5.65. The van der Waals surface area contributed by atoms with E-state index >= 15 is 0 Å². The van der Waals surface area contributed by atoms with Gasteiger partial charge < -0.3 is 20.1 Å². The van der Waals surface area contributed by atoms with Crippen LogP contribution in [0.15, 0.2) is 11.0 Å². The van der Waals surface area contributed by atoms with Gasteiger partial charge in [0.1, 0.15) is 11.9 Å². The van der Waals surface area contributed by atoms with Crippen molar-refractivity contribution in [2.45, 2.75) is 104 Å². The lowest BCUT2D eigenvalue weighted by atomic mass is 9.73. The molecule has 3 rings (SSSR count). The van der Waals surface area contributed by atoms with E-state index in [1.165, 1.54) is 0 Å². The number of thiazole rings is 1. The molecule has 2 saturated heterocycles. The van der Waals surface area contributed by atoms with Gasteiger partial charge >= 0.3 is 5.97 Å². The smallest absolute Gasteiger partial charge is 0.309 e. The molecule has 0 bridgehead atoms. The molecule has 3 heterocycles. The topological polar surface area (TPSA) is 120 Å². The summed E-state index contributed by atoms with van der Waals surface area (Å²) in [6, 6.07) is 0.434. The first-order chi connectivity index (χ1) is 17.4. The number of esters is 1. The van der Waals surface area contributed by atoms with E-state index in [1.807, 2.05) is 32.2 Å². The summed E-state index contributed by atoms with van der Waals surface area (Å²) >= 11 is 1.55. The van der Waals surface area contributed by atoms with E-state index in [1.54, 1.807) is 32.1 Å². The minimum atomic E-state index is -1.24. The summed E-state index contributed by atoms with van der Waals surface area (Å²) in [6.07, 6.45) is 2.19. The van der Waals surface area contributed by atoms with Crippen molar-refractivity contribution in [3.8, 4) is 0 Å². The number of β-amino-alcohol motifs (C(OH)–C–C–N with tert-alkyl or cyclic N) is 1. The van der Waals surface area contributed by atoms with Gasteiger partial charge in [-0.2, -0.15) is 0 Å².